The molecule has 0 bridgehead atoms. The van der Waals surface area contributed by atoms with Gasteiger partial charge >= 0.3 is 5.51 Å². The zero-order valence-corrected chi connectivity index (χ0v) is 14.8. The molecule has 0 aromatic heterocycles. The van der Waals surface area contributed by atoms with Crippen LogP contribution in [0.1, 0.15) is 56.6 Å². The largest absolute Gasteiger partial charge is 0.445 e. The molecular weight excluding hydrogens is 341 g/mol. The summed E-state index contributed by atoms with van der Waals surface area (Å²) < 4.78 is 42.0. The lowest BCUT2D eigenvalue weighted by Gasteiger charge is -2.39. The molecular formula is C18H22ClF3S. The minimum atomic E-state index is -4.39. The van der Waals surface area contributed by atoms with Gasteiger partial charge in [0.25, 0.3) is 0 Å². The summed E-state index contributed by atoms with van der Waals surface area (Å²) in [4.78, 5) is 0.771. The molecule has 128 valence electrons. The van der Waals surface area contributed by atoms with Crippen molar-refractivity contribution in [1.82, 2.24) is 0 Å². The molecule has 1 aliphatic carbocycles. The smallest absolute Gasteiger partial charge is 0.160 e. The predicted octanol–water partition coefficient (Wildman–Crippen LogP) is 7.41. The number of aryl methyl sites for hydroxylation is 1. The Kier molecular flexibility index (Phi) is 4.76. The Morgan fingerprint density at radius 1 is 1.17 bits per heavy atom. The van der Waals surface area contributed by atoms with Crippen molar-refractivity contribution >= 4 is 26.0 Å². The molecule has 1 unspecified atom stereocenters. The number of allylic oxidation sites excluding steroid dienone is 1. The third-order valence-electron chi connectivity index (χ3n) is 4.87. The second kappa shape index (κ2) is 6.36. The molecule has 1 aliphatic heterocycles. The van der Waals surface area contributed by atoms with Crippen LogP contribution in [0.2, 0.25) is 0 Å². The Morgan fingerprint density at radius 3 is 2.48 bits per heavy atom. The standard InChI is InChI=1S/C18H22ClF3S/c1-2-6-13-9-10-15-12-17(14-7-4-3-5-8-14)23(19,16(15)11-13)18(20,21)22/h9-12,14H,2-8H2,1H3. The third kappa shape index (κ3) is 2.93. The highest BCUT2D eigenvalue weighted by molar-refractivity contribution is 8.54. The lowest BCUT2D eigenvalue weighted by atomic mass is 9.88. The van der Waals surface area contributed by atoms with Crippen LogP contribution in [-0.4, -0.2) is 5.51 Å². The molecule has 1 heterocycles. The van der Waals surface area contributed by atoms with Gasteiger partial charge in [0.1, 0.15) is 0 Å². The van der Waals surface area contributed by atoms with Crippen LogP contribution in [0.4, 0.5) is 13.2 Å². The molecule has 1 atom stereocenters. The van der Waals surface area contributed by atoms with Gasteiger partial charge in [-0.15, -0.1) is 0 Å². The maximum atomic E-state index is 14.0. The third-order valence-corrected chi connectivity index (χ3v) is 9.13. The number of rotatable bonds is 3. The molecule has 0 N–H and O–H groups in total. The highest BCUT2D eigenvalue weighted by Gasteiger charge is 2.57. The first-order valence-corrected chi connectivity index (χ1v) is 10.8. The minimum absolute atomic E-state index is 0.0140. The maximum Gasteiger partial charge on any atom is 0.445 e. The number of fused-ring (bicyclic) bond motifs is 1. The van der Waals surface area contributed by atoms with E-state index < -0.39 is 14.7 Å². The van der Waals surface area contributed by atoms with E-state index in [1.165, 1.54) is 0 Å². The van der Waals surface area contributed by atoms with Gasteiger partial charge in [0.15, 0.2) is 0 Å². The van der Waals surface area contributed by atoms with Gasteiger partial charge in [0, 0.05) is 4.90 Å². The number of halogens is 4. The van der Waals surface area contributed by atoms with Gasteiger partial charge in [-0.3, -0.25) is 0 Å². The van der Waals surface area contributed by atoms with Crippen molar-refractivity contribution in [2.24, 2.45) is 5.92 Å². The second-order valence-corrected chi connectivity index (χ2v) is 10.3. The lowest BCUT2D eigenvalue weighted by Crippen LogP contribution is -2.21. The summed E-state index contributed by atoms with van der Waals surface area (Å²) in [6.07, 6.45) is 8.24. The SMILES string of the molecule is CCCc1ccc2c(c1)S(Cl)(C(F)(F)F)C(C1CCCCC1)=C2. The molecule has 23 heavy (non-hydrogen) atoms. The first-order valence-electron chi connectivity index (χ1n) is 8.31. The Bertz CT molecular complexity index is 617. The summed E-state index contributed by atoms with van der Waals surface area (Å²) in [5.74, 6) is -0.0140. The average molecular weight is 363 g/mol. The van der Waals surface area contributed by atoms with Gasteiger partial charge in [0.05, 0.1) is 0 Å². The van der Waals surface area contributed by atoms with Crippen molar-refractivity contribution in [1.29, 1.82) is 0 Å². The van der Waals surface area contributed by atoms with Gasteiger partial charge in [0.2, 0.25) is 0 Å². The van der Waals surface area contributed by atoms with Crippen LogP contribution in [0.3, 0.4) is 0 Å². The van der Waals surface area contributed by atoms with Crippen LogP contribution < -0.4 is 0 Å². The van der Waals surface area contributed by atoms with E-state index in [1.54, 1.807) is 12.1 Å². The molecule has 1 aromatic carbocycles. The first kappa shape index (κ1) is 17.2. The fourth-order valence-corrected chi connectivity index (χ4v) is 7.17. The van der Waals surface area contributed by atoms with E-state index >= 15 is 0 Å². The highest BCUT2D eigenvalue weighted by Crippen LogP contribution is 2.81. The Morgan fingerprint density at radius 2 is 1.87 bits per heavy atom. The average Bonchev–Trinajstić information content (AvgIpc) is 2.83. The molecule has 2 aliphatic rings. The Labute approximate surface area is 141 Å². The van der Waals surface area contributed by atoms with Crippen LogP contribution in [0, 0.1) is 5.92 Å². The van der Waals surface area contributed by atoms with Crippen molar-refractivity contribution < 1.29 is 13.2 Å². The van der Waals surface area contributed by atoms with E-state index in [0.717, 1.165) is 50.5 Å². The predicted molar refractivity (Wildman–Crippen MR) is 92.8 cm³/mol. The van der Waals surface area contributed by atoms with Gasteiger partial charge in [-0.1, -0.05) is 44.7 Å². The molecule has 1 fully saturated rings. The molecule has 0 spiro atoms. The van der Waals surface area contributed by atoms with Crippen LogP contribution in [0.25, 0.3) is 6.08 Å². The van der Waals surface area contributed by atoms with Gasteiger partial charge in [-0.05, 0) is 73.3 Å². The van der Waals surface area contributed by atoms with E-state index in [-0.39, 0.29) is 5.92 Å². The Balaban J connectivity index is 2.07. The van der Waals surface area contributed by atoms with Gasteiger partial charge in [-0.2, -0.15) is 13.2 Å². The number of hydrogen-bond donors (Lipinski definition) is 0. The van der Waals surface area contributed by atoms with Crippen LogP contribution in [0.5, 0.6) is 0 Å². The molecule has 5 heteroatoms. The van der Waals surface area contributed by atoms with Crippen LogP contribution >= 0.6 is 19.9 Å². The fraction of sp³-hybridized carbons (Fsp3) is 0.556. The monoisotopic (exact) mass is 362 g/mol. The molecule has 0 nitrogen and oxygen atoms in total. The molecule has 0 saturated heterocycles. The van der Waals surface area contributed by atoms with Crippen molar-refractivity contribution in [2.45, 2.75) is 62.3 Å². The normalized spacial score (nSPS) is 28.1. The molecule has 0 amide bonds. The summed E-state index contributed by atoms with van der Waals surface area (Å²) in [5, 5.41) is 0. The van der Waals surface area contributed by atoms with Gasteiger partial charge in [-0.25, -0.2) is 0 Å². The van der Waals surface area contributed by atoms with Crippen molar-refractivity contribution in [3.63, 3.8) is 0 Å². The van der Waals surface area contributed by atoms with Gasteiger partial charge < -0.3 is 0 Å². The van der Waals surface area contributed by atoms with Crippen LogP contribution in [0.15, 0.2) is 28.0 Å². The summed E-state index contributed by atoms with van der Waals surface area (Å²) in [6, 6.07) is 5.47. The van der Waals surface area contributed by atoms with Crippen molar-refractivity contribution in [3.8, 4) is 0 Å². The molecule has 1 saturated carbocycles. The summed E-state index contributed by atoms with van der Waals surface area (Å²) in [7, 11) is 3.01. The van der Waals surface area contributed by atoms with Crippen molar-refractivity contribution in [3.05, 3.63) is 34.2 Å². The molecule has 0 radical (unpaired) electrons. The minimum Gasteiger partial charge on any atom is -0.160 e. The quantitative estimate of drug-likeness (QED) is 0.525. The Hall–Kier alpha value is -0.610. The van der Waals surface area contributed by atoms with E-state index in [4.69, 9.17) is 10.7 Å². The summed E-state index contributed by atoms with van der Waals surface area (Å²) in [5.41, 5.74) is -2.77. The zero-order chi connectivity index (χ0) is 16.7. The topological polar surface area (TPSA) is 0 Å². The fourth-order valence-electron chi connectivity index (χ4n) is 3.74. The second-order valence-electron chi connectivity index (χ2n) is 6.49. The molecule has 1 aromatic rings. The molecule has 3 rings (SSSR count). The zero-order valence-electron chi connectivity index (χ0n) is 13.3. The number of benzene rings is 1. The van der Waals surface area contributed by atoms with E-state index in [0.29, 0.717) is 15.4 Å². The maximum absolute atomic E-state index is 14.0. The highest BCUT2D eigenvalue weighted by atomic mass is 35.7. The number of alkyl halides is 3. The van der Waals surface area contributed by atoms with E-state index in [9.17, 15) is 13.2 Å². The summed E-state index contributed by atoms with van der Waals surface area (Å²) >= 11 is 0. The summed E-state index contributed by atoms with van der Waals surface area (Å²) in [6.45, 7) is 2.03. The number of hydrogen-bond acceptors (Lipinski definition) is 0. The first-order chi connectivity index (χ1) is 10.9. The van der Waals surface area contributed by atoms with E-state index in [1.807, 2.05) is 19.1 Å². The van der Waals surface area contributed by atoms with E-state index in [2.05, 4.69) is 0 Å². The van der Waals surface area contributed by atoms with Crippen molar-refractivity contribution in [2.75, 3.05) is 0 Å². The lowest BCUT2D eigenvalue weighted by molar-refractivity contribution is -0.0361. The van der Waals surface area contributed by atoms with Crippen LogP contribution in [-0.2, 0) is 6.42 Å².